The van der Waals surface area contributed by atoms with Crippen molar-refractivity contribution in [2.24, 2.45) is 0 Å². The van der Waals surface area contributed by atoms with Crippen molar-refractivity contribution in [1.29, 1.82) is 0 Å². The number of hydrogen-bond donors (Lipinski definition) is 2. The van der Waals surface area contributed by atoms with E-state index < -0.39 is 17.5 Å². The summed E-state index contributed by atoms with van der Waals surface area (Å²) in [5.74, 6) is -3.37. The van der Waals surface area contributed by atoms with Crippen LogP contribution in [0.25, 0.3) is 0 Å². The summed E-state index contributed by atoms with van der Waals surface area (Å²) in [5.41, 5.74) is 1.73. The Balaban J connectivity index is 1.80. The number of aromatic nitrogens is 2. The molecule has 2 aromatic carbocycles. The second-order valence-electron chi connectivity index (χ2n) is 5.13. The van der Waals surface area contributed by atoms with Crippen molar-refractivity contribution in [3.8, 4) is 0 Å². The fraction of sp³-hybridized carbons (Fsp3) is 0.0588. The molecule has 3 rings (SSSR count). The van der Waals surface area contributed by atoms with E-state index in [2.05, 4.69) is 20.6 Å². The molecule has 0 bridgehead atoms. The van der Waals surface area contributed by atoms with Gasteiger partial charge in [0, 0.05) is 11.8 Å². The van der Waals surface area contributed by atoms with Gasteiger partial charge in [0.15, 0.2) is 17.5 Å². The SMILES string of the molecule is Cc1ccc(Nc2cc(Nc3ccc(F)c(F)c3F)ncn2)cc1. The van der Waals surface area contributed by atoms with E-state index in [9.17, 15) is 13.2 Å². The van der Waals surface area contributed by atoms with Crippen LogP contribution in [0.1, 0.15) is 5.56 Å². The van der Waals surface area contributed by atoms with E-state index in [0.717, 1.165) is 23.4 Å². The van der Waals surface area contributed by atoms with Crippen LogP contribution in [0.5, 0.6) is 0 Å². The molecule has 0 radical (unpaired) electrons. The first-order valence-electron chi connectivity index (χ1n) is 7.09. The third-order valence-electron chi connectivity index (χ3n) is 3.29. The number of nitrogens with one attached hydrogen (secondary N) is 2. The molecule has 0 atom stereocenters. The molecule has 0 aliphatic heterocycles. The molecule has 4 nitrogen and oxygen atoms in total. The summed E-state index contributed by atoms with van der Waals surface area (Å²) in [6, 6.07) is 11.1. The lowest BCUT2D eigenvalue weighted by molar-refractivity contribution is 0.449. The topological polar surface area (TPSA) is 49.8 Å². The molecule has 0 aliphatic rings. The minimum Gasteiger partial charge on any atom is -0.340 e. The lowest BCUT2D eigenvalue weighted by atomic mass is 10.2. The minimum atomic E-state index is -1.54. The molecule has 24 heavy (non-hydrogen) atoms. The highest BCUT2D eigenvalue weighted by Crippen LogP contribution is 2.24. The van der Waals surface area contributed by atoms with Crippen LogP contribution in [0.2, 0.25) is 0 Å². The molecule has 0 unspecified atom stereocenters. The monoisotopic (exact) mass is 330 g/mol. The van der Waals surface area contributed by atoms with E-state index in [4.69, 9.17) is 0 Å². The summed E-state index contributed by atoms with van der Waals surface area (Å²) in [7, 11) is 0. The fourth-order valence-electron chi connectivity index (χ4n) is 2.04. The highest BCUT2D eigenvalue weighted by atomic mass is 19.2. The second-order valence-corrected chi connectivity index (χ2v) is 5.13. The van der Waals surface area contributed by atoms with Crippen molar-refractivity contribution >= 4 is 23.0 Å². The number of anilines is 4. The van der Waals surface area contributed by atoms with Crippen LogP contribution >= 0.6 is 0 Å². The zero-order valence-electron chi connectivity index (χ0n) is 12.6. The summed E-state index contributed by atoms with van der Waals surface area (Å²) in [6.07, 6.45) is 1.27. The van der Waals surface area contributed by atoms with Crippen molar-refractivity contribution in [2.45, 2.75) is 6.92 Å². The third kappa shape index (κ3) is 3.45. The molecule has 0 spiro atoms. The first-order valence-corrected chi connectivity index (χ1v) is 7.09. The van der Waals surface area contributed by atoms with Crippen LogP contribution in [-0.4, -0.2) is 9.97 Å². The summed E-state index contributed by atoms with van der Waals surface area (Å²) in [4.78, 5) is 8.00. The van der Waals surface area contributed by atoms with E-state index in [-0.39, 0.29) is 11.5 Å². The standard InChI is InChI=1S/C17H13F3N4/c1-10-2-4-11(5-3-10)23-14-8-15(22-9-21-14)24-13-7-6-12(18)16(19)17(13)20/h2-9H,1H3,(H2,21,22,23,24). The lowest BCUT2D eigenvalue weighted by Gasteiger charge is -2.10. The van der Waals surface area contributed by atoms with Gasteiger partial charge < -0.3 is 10.6 Å². The first-order chi connectivity index (χ1) is 11.5. The van der Waals surface area contributed by atoms with E-state index in [1.54, 1.807) is 0 Å². The highest BCUT2D eigenvalue weighted by molar-refractivity contribution is 5.63. The average Bonchev–Trinajstić information content (AvgIpc) is 2.58. The first kappa shape index (κ1) is 15.8. The van der Waals surface area contributed by atoms with Crippen LogP contribution < -0.4 is 10.6 Å². The molecule has 0 amide bonds. The van der Waals surface area contributed by atoms with E-state index >= 15 is 0 Å². The van der Waals surface area contributed by atoms with Crippen molar-refractivity contribution < 1.29 is 13.2 Å². The summed E-state index contributed by atoms with van der Waals surface area (Å²) < 4.78 is 39.9. The van der Waals surface area contributed by atoms with Crippen molar-refractivity contribution in [2.75, 3.05) is 10.6 Å². The van der Waals surface area contributed by atoms with Gasteiger partial charge in [0.25, 0.3) is 0 Å². The van der Waals surface area contributed by atoms with Crippen molar-refractivity contribution in [3.05, 3.63) is 71.8 Å². The molecule has 0 saturated carbocycles. The van der Waals surface area contributed by atoms with Crippen molar-refractivity contribution in [1.82, 2.24) is 9.97 Å². The molecule has 0 aliphatic carbocycles. The lowest BCUT2D eigenvalue weighted by Crippen LogP contribution is -2.02. The van der Waals surface area contributed by atoms with Gasteiger partial charge in [0.05, 0.1) is 5.69 Å². The molecule has 1 heterocycles. The smallest absolute Gasteiger partial charge is 0.196 e. The summed E-state index contributed by atoms with van der Waals surface area (Å²) in [6.45, 7) is 1.98. The van der Waals surface area contributed by atoms with E-state index in [1.807, 2.05) is 31.2 Å². The Morgan fingerprint density at radius 1 is 0.792 bits per heavy atom. The molecule has 0 saturated heterocycles. The number of aryl methyl sites for hydroxylation is 1. The van der Waals surface area contributed by atoms with E-state index in [1.165, 1.54) is 12.4 Å². The predicted molar refractivity (Wildman–Crippen MR) is 86.1 cm³/mol. The Morgan fingerprint density at radius 3 is 2.17 bits per heavy atom. The Hall–Kier alpha value is -3.09. The summed E-state index contributed by atoms with van der Waals surface area (Å²) >= 11 is 0. The van der Waals surface area contributed by atoms with Gasteiger partial charge in [-0.2, -0.15) is 0 Å². The highest BCUT2D eigenvalue weighted by Gasteiger charge is 2.13. The Kier molecular flexibility index (Phi) is 4.33. The molecule has 3 aromatic rings. The van der Waals surface area contributed by atoms with Crippen LogP contribution in [-0.2, 0) is 0 Å². The Morgan fingerprint density at radius 2 is 1.46 bits per heavy atom. The molecule has 1 aromatic heterocycles. The maximum atomic E-state index is 13.7. The van der Waals surface area contributed by atoms with Crippen molar-refractivity contribution in [3.63, 3.8) is 0 Å². The largest absolute Gasteiger partial charge is 0.340 e. The molecule has 7 heteroatoms. The molecule has 2 N–H and O–H groups in total. The van der Waals surface area contributed by atoms with E-state index in [0.29, 0.717) is 5.82 Å². The summed E-state index contributed by atoms with van der Waals surface area (Å²) in [5, 5.41) is 5.68. The van der Waals surface area contributed by atoms with Crippen LogP contribution in [0, 0.1) is 24.4 Å². The Bertz CT molecular complexity index is 866. The van der Waals surface area contributed by atoms with Gasteiger partial charge in [-0.05, 0) is 31.2 Å². The number of benzene rings is 2. The van der Waals surface area contributed by atoms with Gasteiger partial charge in [-0.15, -0.1) is 0 Å². The third-order valence-corrected chi connectivity index (χ3v) is 3.29. The molecular formula is C17H13F3N4. The Labute approximate surface area is 136 Å². The maximum Gasteiger partial charge on any atom is 0.196 e. The van der Waals surface area contributed by atoms with Gasteiger partial charge in [0.1, 0.15) is 18.0 Å². The minimum absolute atomic E-state index is 0.214. The number of rotatable bonds is 4. The molecule has 122 valence electrons. The number of hydrogen-bond acceptors (Lipinski definition) is 4. The number of nitrogens with zero attached hydrogens (tertiary/aromatic N) is 2. The molecule has 0 fully saturated rings. The van der Waals surface area contributed by atoms with Crippen LogP contribution in [0.4, 0.5) is 36.2 Å². The van der Waals surface area contributed by atoms with Gasteiger partial charge in [-0.25, -0.2) is 23.1 Å². The zero-order chi connectivity index (χ0) is 17.1. The quantitative estimate of drug-likeness (QED) is 0.682. The molecular weight excluding hydrogens is 317 g/mol. The van der Waals surface area contributed by atoms with Gasteiger partial charge in [-0.1, -0.05) is 17.7 Å². The van der Waals surface area contributed by atoms with Gasteiger partial charge in [0.2, 0.25) is 0 Å². The van der Waals surface area contributed by atoms with Crippen LogP contribution in [0.15, 0.2) is 48.8 Å². The van der Waals surface area contributed by atoms with Gasteiger partial charge >= 0.3 is 0 Å². The zero-order valence-corrected chi connectivity index (χ0v) is 12.6. The maximum absolute atomic E-state index is 13.7. The van der Waals surface area contributed by atoms with Crippen LogP contribution in [0.3, 0.4) is 0 Å². The number of halogens is 3. The second kappa shape index (κ2) is 6.57. The van der Waals surface area contributed by atoms with Gasteiger partial charge in [-0.3, -0.25) is 0 Å². The fourth-order valence-corrected chi connectivity index (χ4v) is 2.04. The normalized spacial score (nSPS) is 10.5. The predicted octanol–water partition coefficient (Wildman–Crippen LogP) is 4.69. The average molecular weight is 330 g/mol.